The number of ether oxygens (including phenoxy) is 1. The van der Waals surface area contributed by atoms with E-state index in [9.17, 15) is 19.2 Å². The number of piperidine rings is 1. The van der Waals surface area contributed by atoms with E-state index in [1.165, 1.54) is 6.20 Å². The van der Waals surface area contributed by atoms with E-state index >= 15 is 0 Å². The van der Waals surface area contributed by atoms with Gasteiger partial charge in [-0.3, -0.25) is 9.59 Å². The van der Waals surface area contributed by atoms with Crippen LogP contribution in [0.2, 0.25) is 5.02 Å². The molecule has 1 aromatic rings. The molecule has 3 amide bonds. The predicted octanol–water partition coefficient (Wildman–Crippen LogP) is -0.0132. The summed E-state index contributed by atoms with van der Waals surface area (Å²) in [6, 6.07) is -0.127. The van der Waals surface area contributed by atoms with Crippen molar-refractivity contribution in [3.8, 4) is 0 Å². The summed E-state index contributed by atoms with van der Waals surface area (Å²) in [7, 11) is 0. The van der Waals surface area contributed by atoms with Crippen LogP contribution in [-0.4, -0.2) is 83.2 Å². The van der Waals surface area contributed by atoms with Gasteiger partial charge in [-0.05, 0) is 12.8 Å². The molecule has 1 aromatic heterocycles. The standard InChI is InChI=1S/C17H23ClN6O6/c18-14-12(7-20-22-15(14)26)24-6-3-11(9-24)30-17(29)21-10-1-4-23(5-2-10)13(25)8-19-16(27)28/h7,10-11,19H,1-6,8-9H2,(H,21,29)(H,22,26)(H,27,28)/t11-/m1/s1. The Morgan fingerprint density at radius 3 is 2.70 bits per heavy atom. The number of halogens is 1. The maximum absolute atomic E-state index is 12.2. The number of aromatic nitrogens is 2. The summed E-state index contributed by atoms with van der Waals surface area (Å²) in [5.41, 5.74) is 0.0289. The van der Waals surface area contributed by atoms with Crippen LogP contribution in [0.15, 0.2) is 11.0 Å². The second kappa shape index (κ2) is 9.65. The third kappa shape index (κ3) is 5.53. The fourth-order valence-corrected chi connectivity index (χ4v) is 3.74. The van der Waals surface area contributed by atoms with Gasteiger partial charge in [0, 0.05) is 32.1 Å². The number of carboxylic acid groups (broad SMARTS) is 1. The van der Waals surface area contributed by atoms with Gasteiger partial charge in [-0.2, -0.15) is 5.10 Å². The quantitative estimate of drug-likeness (QED) is 0.495. The van der Waals surface area contributed by atoms with E-state index in [0.29, 0.717) is 51.1 Å². The molecule has 0 radical (unpaired) electrons. The topological polar surface area (TPSA) is 157 Å². The lowest BCUT2D eigenvalue weighted by atomic mass is 10.1. The Labute approximate surface area is 176 Å². The molecule has 2 aliphatic rings. The van der Waals surface area contributed by atoms with E-state index in [-0.39, 0.29) is 29.6 Å². The van der Waals surface area contributed by atoms with Crippen LogP contribution in [0.5, 0.6) is 0 Å². The summed E-state index contributed by atoms with van der Waals surface area (Å²) in [5, 5.41) is 19.5. The van der Waals surface area contributed by atoms with Gasteiger partial charge >= 0.3 is 12.2 Å². The zero-order chi connectivity index (χ0) is 21.7. The minimum atomic E-state index is -1.24. The van der Waals surface area contributed by atoms with Gasteiger partial charge in [0.05, 0.1) is 18.4 Å². The molecule has 4 N–H and O–H groups in total. The summed E-state index contributed by atoms with van der Waals surface area (Å²) in [6.07, 6.45) is 1.05. The number of hydrogen-bond acceptors (Lipinski definition) is 7. The second-order valence-electron chi connectivity index (χ2n) is 7.12. The van der Waals surface area contributed by atoms with E-state index in [4.69, 9.17) is 21.4 Å². The minimum absolute atomic E-state index is 0.0509. The third-order valence-corrected chi connectivity index (χ3v) is 5.46. The maximum Gasteiger partial charge on any atom is 0.407 e. The number of likely N-dealkylation sites (tertiary alicyclic amines) is 1. The summed E-state index contributed by atoms with van der Waals surface area (Å²) in [4.78, 5) is 49.6. The van der Waals surface area contributed by atoms with Crippen molar-refractivity contribution in [3.05, 3.63) is 21.6 Å². The van der Waals surface area contributed by atoms with Crippen molar-refractivity contribution in [1.82, 2.24) is 25.7 Å². The Hall–Kier alpha value is -3.02. The van der Waals surface area contributed by atoms with Crippen LogP contribution in [0.3, 0.4) is 0 Å². The third-order valence-electron chi connectivity index (χ3n) is 5.10. The number of hydrogen-bond donors (Lipinski definition) is 4. The van der Waals surface area contributed by atoms with Crippen molar-refractivity contribution in [1.29, 1.82) is 0 Å². The highest BCUT2D eigenvalue weighted by atomic mass is 35.5. The molecule has 0 aliphatic carbocycles. The van der Waals surface area contributed by atoms with Crippen molar-refractivity contribution in [2.75, 3.05) is 37.6 Å². The van der Waals surface area contributed by atoms with Gasteiger partial charge in [0.2, 0.25) is 5.91 Å². The number of nitrogens with zero attached hydrogens (tertiary/aromatic N) is 3. The fourth-order valence-electron chi connectivity index (χ4n) is 3.53. The molecule has 30 heavy (non-hydrogen) atoms. The monoisotopic (exact) mass is 442 g/mol. The molecule has 3 heterocycles. The number of aromatic amines is 1. The van der Waals surface area contributed by atoms with Gasteiger partial charge < -0.3 is 30.3 Å². The average molecular weight is 443 g/mol. The van der Waals surface area contributed by atoms with Crippen LogP contribution in [0.25, 0.3) is 0 Å². The number of rotatable bonds is 5. The van der Waals surface area contributed by atoms with Gasteiger partial charge in [0.1, 0.15) is 17.7 Å². The van der Waals surface area contributed by atoms with Crippen LogP contribution >= 0.6 is 11.6 Å². The number of H-pyrrole nitrogens is 1. The SMILES string of the molecule is O=C(O)NCC(=O)N1CCC(NC(=O)O[C@@H]2CCN(c3cn[nH]c(=O)c3Cl)C2)CC1. The molecule has 2 aliphatic heterocycles. The summed E-state index contributed by atoms with van der Waals surface area (Å²) < 4.78 is 5.48. The van der Waals surface area contributed by atoms with Gasteiger partial charge in [0.25, 0.3) is 5.56 Å². The average Bonchev–Trinajstić information content (AvgIpc) is 3.16. The first-order chi connectivity index (χ1) is 14.3. The highest BCUT2D eigenvalue weighted by Crippen LogP contribution is 2.25. The molecular weight excluding hydrogens is 420 g/mol. The Kier molecular flexibility index (Phi) is 6.98. The minimum Gasteiger partial charge on any atom is -0.465 e. The second-order valence-corrected chi connectivity index (χ2v) is 7.50. The first-order valence-electron chi connectivity index (χ1n) is 9.53. The molecular formula is C17H23ClN6O6. The summed E-state index contributed by atoms with van der Waals surface area (Å²) in [6.45, 7) is 1.57. The Balaban J connectivity index is 1.40. The van der Waals surface area contributed by atoms with Crippen LogP contribution in [0.1, 0.15) is 19.3 Å². The maximum atomic E-state index is 12.2. The van der Waals surface area contributed by atoms with Gasteiger partial charge in [-0.15, -0.1) is 0 Å². The molecule has 3 rings (SSSR count). The summed E-state index contributed by atoms with van der Waals surface area (Å²) >= 11 is 6.02. The lowest BCUT2D eigenvalue weighted by molar-refractivity contribution is -0.131. The Morgan fingerprint density at radius 1 is 1.27 bits per heavy atom. The largest absolute Gasteiger partial charge is 0.465 e. The van der Waals surface area contributed by atoms with Crippen LogP contribution in [0.4, 0.5) is 15.3 Å². The van der Waals surface area contributed by atoms with Gasteiger partial charge in [0.15, 0.2) is 0 Å². The van der Waals surface area contributed by atoms with Crippen molar-refractivity contribution < 1.29 is 24.2 Å². The number of anilines is 1. The molecule has 164 valence electrons. The Bertz CT molecular complexity index is 855. The van der Waals surface area contributed by atoms with Crippen LogP contribution < -0.4 is 21.1 Å². The van der Waals surface area contributed by atoms with Crippen LogP contribution in [0, 0.1) is 0 Å². The molecule has 12 nitrogen and oxygen atoms in total. The van der Waals surface area contributed by atoms with Crippen molar-refractivity contribution >= 4 is 35.4 Å². The van der Waals surface area contributed by atoms with Crippen molar-refractivity contribution in [2.24, 2.45) is 0 Å². The van der Waals surface area contributed by atoms with E-state index in [1.807, 2.05) is 10.2 Å². The fraction of sp³-hybridized carbons (Fsp3) is 0.588. The first kappa shape index (κ1) is 21.7. The molecule has 0 unspecified atom stereocenters. The molecule has 1 atom stereocenters. The number of carbonyl (C=O) groups excluding carboxylic acids is 2. The molecule has 0 spiro atoms. The zero-order valence-electron chi connectivity index (χ0n) is 16.1. The summed E-state index contributed by atoms with van der Waals surface area (Å²) in [5.74, 6) is -0.294. The van der Waals surface area contributed by atoms with E-state index in [1.54, 1.807) is 4.90 Å². The first-order valence-corrected chi connectivity index (χ1v) is 9.91. The molecule has 2 fully saturated rings. The van der Waals surface area contributed by atoms with Gasteiger partial charge in [-0.1, -0.05) is 11.6 Å². The van der Waals surface area contributed by atoms with Crippen molar-refractivity contribution in [3.63, 3.8) is 0 Å². The van der Waals surface area contributed by atoms with Crippen LogP contribution in [-0.2, 0) is 9.53 Å². The molecule has 13 heteroatoms. The predicted molar refractivity (Wildman–Crippen MR) is 106 cm³/mol. The number of alkyl carbamates (subject to hydrolysis) is 1. The molecule has 2 saturated heterocycles. The van der Waals surface area contributed by atoms with E-state index < -0.39 is 17.7 Å². The molecule has 0 saturated carbocycles. The lowest BCUT2D eigenvalue weighted by Gasteiger charge is -2.32. The smallest absolute Gasteiger partial charge is 0.407 e. The van der Waals surface area contributed by atoms with E-state index in [0.717, 1.165) is 0 Å². The lowest BCUT2D eigenvalue weighted by Crippen LogP contribution is -2.49. The highest BCUT2D eigenvalue weighted by molar-refractivity contribution is 6.33. The zero-order valence-corrected chi connectivity index (χ0v) is 16.9. The highest BCUT2D eigenvalue weighted by Gasteiger charge is 2.29. The number of nitrogens with one attached hydrogen (secondary N) is 3. The molecule has 0 aromatic carbocycles. The van der Waals surface area contributed by atoms with E-state index in [2.05, 4.69) is 15.5 Å². The van der Waals surface area contributed by atoms with Gasteiger partial charge in [-0.25, -0.2) is 14.7 Å². The number of amides is 3. The normalized spacial score (nSPS) is 19.4. The van der Waals surface area contributed by atoms with Crippen molar-refractivity contribution in [2.45, 2.75) is 31.4 Å². The molecule has 0 bridgehead atoms. The Morgan fingerprint density at radius 2 is 2.00 bits per heavy atom. The number of carbonyl (C=O) groups is 3.